The number of alkyl halides is 1. The topological polar surface area (TPSA) is 37.3 Å². The molecule has 1 aromatic rings. The first-order valence-corrected chi connectivity index (χ1v) is 6.06. The Morgan fingerprint density at radius 2 is 2.06 bits per heavy atom. The summed E-state index contributed by atoms with van der Waals surface area (Å²) in [4.78, 5) is 10.5. The van der Waals surface area contributed by atoms with Gasteiger partial charge >= 0.3 is 5.97 Å². The number of hydrogen-bond acceptors (Lipinski definition) is 1. The van der Waals surface area contributed by atoms with E-state index in [1.807, 2.05) is 24.3 Å². The van der Waals surface area contributed by atoms with E-state index in [9.17, 15) is 9.18 Å². The smallest absolute Gasteiger partial charge is 0.303 e. The molecule has 92 valence electrons. The minimum Gasteiger partial charge on any atom is -0.481 e. The standard InChI is InChI=1S/C14H17FO2/c15-14(7-2-8-14)10-12-4-1-3-11(9-12)5-6-13(16)17/h1,3-4,9H,2,5-8,10H2,(H,16,17). The number of halogens is 1. The highest BCUT2D eigenvalue weighted by atomic mass is 19.1. The number of hydrogen-bond donors (Lipinski definition) is 1. The van der Waals surface area contributed by atoms with Gasteiger partial charge in [0.1, 0.15) is 5.67 Å². The molecule has 0 spiro atoms. The SMILES string of the molecule is O=C(O)CCc1cccc(CC2(F)CCC2)c1. The lowest BCUT2D eigenvalue weighted by Crippen LogP contribution is -2.34. The van der Waals surface area contributed by atoms with Crippen LogP contribution in [0, 0.1) is 0 Å². The Labute approximate surface area is 100 Å². The molecule has 0 aromatic heterocycles. The van der Waals surface area contributed by atoms with Crippen LogP contribution in [0.4, 0.5) is 4.39 Å². The Hall–Kier alpha value is -1.38. The molecule has 1 aliphatic rings. The third kappa shape index (κ3) is 3.29. The molecular formula is C14H17FO2. The molecule has 1 aromatic carbocycles. The van der Waals surface area contributed by atoms with E-state index in [-0.39, 0.29) is 6.42 Å². The van der Waals surface area contributed by atoms with Crippen LogP contribution in [0.15, 0.2) is 24.3 Å². The van der Waals surface area contributed by atoms with Crippen molar-refractivity contribution >= 4 is 5.97 Å². The molecule has 0 bridgehead atoms. The summed E-state index contributed by atoms with van der Waals surface area (Å²) in [6, 6.07) is 7.64. The molecule has 3 heteroatoms. The van der Waals surface area contributed by atoms with Crippen LogP contribution in [0.25, 0.3) is 0 Å². The fourth-order valence-corrected chi connectivity index (χ4v) is 2.25. The van der Waals surface area contributed by atoms with Gasteiger partial charge < -0.3 is 5.11 Å². The van der Waals surface area contributed by atoms with Gasteiger partial charge in [0, 0.05) is 12.8 Å². The summed E-state index contributed by atoms with van der Waals surface area (Å²) < 4.78 is 13.9. The van der Waals surface area contributed by atoms with E-state index in [0.717, 1.165) is 17.5 Å². The Balaban J connectivity index is 1.98. The van der Waals surface area contributed by atoms with Gasteiger partial charge in [-0.2, -0.15) is 0 Å². The summed E-state index contributed by atoms with van der Waals surface area (Å²) >= 11 is 0. The number of aliphatic carboxylic acids is 1. The van der Waals surface area contributed by atoms with E-state index in [4.69, 9.17) is 5.11 Å². The van der Waals surface area contributed by atoms with E-state index in [2.05, 4.69) is 0 Å². The molecule has 0 saturated heterocycles. The monoisotopic (exact) mass is 236 g/mol. The third-order valence-corrected chi connectivity index (χ3v) is 3.39. The van der Waals surface area contributed by atoms with E-state index in [1.54, 1.807) is 0 Å². The molecule has 0 aliphatic heterocycles. The van der Waals surface area contributed by atoms with Gasteiger partial charge in [0.15, 0.2) is 0 Å². The summed E-state index contributed by atoms with van der Waals surface area (Å²) in [5.41, 5.74) is 0.953. The average molecular weight is 236 g/mol. The van der Waals surface area contributed by atoms with Gasteiger partial charge in [-0.1, -0.05) is 24.3 Å². The predicted octanol–water partition coefficient (Wildman–Crippen LogP) is 3.14. The molecule has 17 heavy (non-hydrogen) atoms. The number of carbonyl (C=O) groups is 1. The minimum absolute atomic E-state index is 0.129. The van der Waals surface area contributed by atoms with Crippen molar-refractivity contribution in [2.24, 2.45) is 0 Å². The lowest BCUT2D eigenvalue weighted by atomic mass is 9.77. The molecule has 1 saturated carbocycles. The average Bonchev–Trinajstić information content (AvgIpc) is 2.25. The highest BCUT2D eigenvalue weighted by molar-refractivity contribution is 5.67. The number of carboxylic acid groups (broad SMARTS) is 1. The van der Waals surface area contributed by atoms with E-state index in [1.165, 1.54) is 0 Å². The van der Waals surface area contributed by atoms with Gasteiger partial charge in [0.05, 0.1) is 0 Å². The van der Waals surface area contributed by atoms with Crippen LogP contribution in [0.3, 0.4) is 0 Å². The predicted molar refractivity (Wildman–Crippen MR) is 63.8 cm³/mol. The lowest BCUT2D eigenvalue weighted by molar-refractivity contribution is -0.136. The molecule has 0 heterocycles. The maximum absolute atomic E-state index is 13.9. The summed E-state index contributed by atoms with van der Waals surface area (Å²) in [6.07, 6.45) is 3.41. The maximum Gasteiger partial charge on any atom is 0.303 e. The number of aryl methyl sites for hydroxylation is 1. The first-order valence-electron chi connectivity index (χ1n) is 6.06. The van der Waals surface area contributed by atoms with Gasteiger partial charge in [0.25, 0.3) is 0 Å². The van der Waals surface area contributed by atoms with Gasteiger partial charge in [-0.15, -0.1) is 0 Å². The molecule has 1 N–H and O–H groups in total. The van der Waals surface area contributed by atoms with Gasteiger partial charge in [0.2, 0.25) is 0 Å². The second kappa shape index (κ2) is 4.86. The van der Waals surface area contributed by atoms with Gasteiger partial charge in [-0.25, -0.2) is 4.39 Å². The van der Waals surface area contributed by atoms with Crippen LogP contribution in [-0.2, 0) is 17.6 Å². The molecule has 0 atom stereocenters. The zero-order chi connectivity index (χ0) is 12.3. The van der Waals surface area contributed by atoms with Crippen molar-refractivity contribution < 1.29 is 14.3 Å². The van der Waals surface area contributed by atoms with E-state index < -0.39 is 11.6 Å². The maximum atomic E-state index is 13.9. The van der Waals surface area contributed by atoms with Crippen molar-refractivity contribution in [3.63, 3.8) is 0 Å². The number of rotatable bonds is 5. The summed E-state index contributed by atoms with van der Waals surface area (Å²) in [5.74, 6) is -0.795. The molecule has 1 aliphatic carbocycles. The molecule has 2 rings (SSSR count). The Bertz CT molecular complexity index is 410. The van der Waals surface area contributed by atoms with Crippen LogP contribution in [0.5, 0.6) is 0 Å². The van der Waals surface area contributed by atoms with Crippen LogP contribution >= 0.6 is 0 Å². The molecule has 0 radical (unpaired) electrons. The van der Waals surface area contributed by atoms with Crippen molar-refractivity contribution in [2.45, 2.75) is 44.2 Å². The summed E-state index contributed by atoms with van der Waals surface area (Å²) in [6.45, 7) is 0. The van der Waals surface area contributed by atoms with Crippen LogP contribution in [-0.4, -0.2) is 16.7 Å². The second-order valence-corrected chi connectivity index (χ2v) is 4.89. The number of benzene rings is 1. The third-order valence-electron chi connectivity index (χ3n) is 3.39. The first-order chi connectivity index (χ1) is 8.07. The quantitative estimate of drug-likeness (QED) is 0.852. The fraction of sp³-hybridized carbons (Fsp3) is 0.500. The Kier molecular flexibility index (Phi) is 3.46. The first kappa shape index (κ1) is 12.1. The summed E-state index contributed by atoms with van der Waals surface area (Å²) in [7, 11) is 0. The lowest BCUT2D eigenvalue weighted by Gasteiger charge is -2.34. The van der Waals surface area contributed by atoms with Gasteiger partial charge in [-0.05, 0) is 36.8 Å². The Morgan fingerprint density at radius 1 is 1.35 bits per heavy atom. The highest BCUT2D eigenvalue weighted by Gasteiger charge is 2.36. The number of carboxylic acids is 1. The Morgan fingerprint density at radius 3 is 2.65 bits per heavy atom. The van der Waals surface area contributed by atoms with Crippen LogP contribution in [0.2, 0.25) is 0 Å². The molecule has 2 nitrogen and oxygen atoms in total. The van der Waals surface area contributed by atoms with E-state index >= 15 is 0 Å². The summed E-state index contributed by atoms with van der Waals surface area (Å²) in [5, 5.41) is 8.62. The minimum atomic E-state index is -1.01. The van der Waals surface area contributed by atoms with Crippen molar-refractivity contribution in [2.75, 3.05) is 0 Å². The van der Waals surface area contributed by atoms with Crippen molar-refractivity contribution in [3.05, 3.63) is 35.4 Å². The second-order valence-electron chi connectivity index (χ2n) is 4.89. The highest BCUT2D eigenvalue weighted by Crippen LogP contribution is 2.38. The molecule has 1 fully saturated rings. The fourth-order valence-electron chi connectivity index (χ4n) is 2.25. The van der Waals surface area contributed by atoms with Crippen molar-refractivity contribution in [1.82, 2.24) is 0 Å². The zero-order valence-corrected chi connectivity index (χ0v) is 9.79. The van der Waals surface area contributed by atoms with Crippen LogP contribution < -0.4 is 0 Å². The molecule has 0 unspecified atom stereocenters. The van der Waals surface area contributed by atoms with Gasteiger partial charge in [-0.3, -0.25) is 4.79 Å². The normalized spacial score (nSPS) is 17.5. The van der Waals surface area contributed by atoms with Crippen molar-refractivity contribution in [3.8, 4) is 0 Å². The molecule has 0 amide bonds. The van der Waals surface area contributed by atoms with E-state index in [0.29, 0.717) is 25.7 Å². The largest absolute Gasteiger partial charge is 0.481 e. The van der Waals surface area contributed by atoms with Crippen molar-refractivity contribution in [1.29, 1.82) is 0 Å². The van der Waals surface area contributed by atoms with Crippen LogP contribution in [0.1, 0.15) is 36.8 Å². The molecular weight excluding hydrogens is 219 g/mol. The zero-order valence-electron chi connectivity index (χ0n) is 9.79.